The van der Waals surface area contributed by atoms with Gasteiger partial charge in [-0.1, -0.05) is 30.3 Å². The van der Waals surface area contributed by atoms with Crippen molar-refractivity contribution in [3.8, 4) is 5.88 Å². The number of ether oxygens (including phenoxy) is 2. The van der Waals surface area contributed by atoms with Crippen LogP contribution in [0, 0.1) is 0 Å². The van der Waals surface area contributed by atoms with E-state index in [0.717, 1.165) is 5.56 Å². The van der Waals surface area contributed by atoms with Crippen LogP contribution in [0.15, 0.2) is 65.5 Å². The van der Waals surface area contributed by atoms with Gasteiger partial charge in [0.2, 0.25) is 21.8 Å². The summed E-state index contributed by atoms with van der Waals surface area (Å²) in [6, 6.07) is 12.4. The van der Waals surface area contributed by atoms with E-state index < -0.39 is 15.4 Å². The van der Waals surface area contributed by atoms with E-state index in [1.807, 2.05) is 35.2 Å². The van der Waals surface area contributed by atoms with E-state index in [1.165, 1.54) is 22.6 Å². The van der Waals surface area contributed by atoms with E-state index in [2.05, 4.69) is 4.98 Å². The van der Waals surface area contributed by atoms with Crippen molar-refractivity contribution in [2.75, 3.05) is 52.5 Å². The number of nitrogens with two attached hydrogens (primary N) is 1. The minimum atomic E-state index is -3.82. The molecule has 2 aliphatic heterocycles. The average Bonchev–Trinajstić information content (AvgIpc) is 2.94. The minimum absolute atomic E-state index is 0.0104. The van der Waals surface area contributed by atoms with E-state index in [1.54, 1.807) is 0 Å². The second-order valence-corrected chi connectivity index (χ2v) is 10.8. The Morgan fingerprint density at radius 3 is 2.39 bits per heavy atom. The van der Waals surface area contributed by atoms with Crippen molar-refractivity contribution in [3.63, 3.8) is 0 Å². The van der Waals surface area contributed by atoms with Crippen molar-refractivity contribution < 1.29 is 27.1 Å². The highest BCUT2D eigenvalue weighted by atomic mass is 32.2. The van der Waals surface area contributed by atoms with Crippen molar-refractivity contribution >= 4 is 15.9 Å². The predicted octanol–water partition coefficient (Wildman–Crippen LogP) is 1.85. The Kier molecular flexibility index (Phi) is 8.35. The Labute approximate surface area is 210 Å². The molecule has 36 heavy (non-hydrogen) atoms. The number of benzene rings is 1. The van der Waals surface area contributed by atoms with Crippen LogP contribution in [0.3, 0.4) is 0 Å². The molecule has 2 N–H and O–H groups in total. The number of carbonyl (C=O) groups excluding carboxylic acids is 1. The molecular formula is C25H31FN4O5S. The van der Waals surface area contributed by atoms with Gasteiger partial charge in [0, 0.05) is 44.4 Å². The number of aromatic nitrogens is 1. The van der Waals surface area contributed by atoms with Crippen molar-refractivity contribution in [2.24, 2.45) is 5.73 Å². The number of nitrogens with zero attached hydrogens (tertiary/aromatic N) is 3. The molecule has 2 aliphatic rings. The van der Waals surface area contributed by atoms with Gasteiger partial charge < -0.3 is 20.1 Å². The highest BCUT2D eigenvalue weighted by molar-refractivity contribution is 7.89. The summed E-state index contributed by atoms with van der Waals surface area (Å²) in [5.41, 5.74) is 5.78. The molecule has 194 valence electrons. The second-order valence-electron chi connectivity index (χ2n) is 8.85. The summed E-state index contributed by atoms with van der Waals surface area (Å²) in [6.07, 6.45) is 2.36. The van der Waals surface area contributed by atoms with Gasteiger partial charge in [0.15, 0.2) is 0 Å². The number of hydrogen-bond donors (Lipinski definition) is 1. The lowest BCUT2D eigenvalue weighted by Crippen LogP contribution is -2.55. The van der Waals surface area contributed by atoms with Crippen LogP contribution < -0.4 is 10.5 Å². The molecule has 3 heterocycles. The van der Waals surface area contributed by atoms with E-state index in [4.69, 9.17) is 15.2 Å². The summed E-state index contributed by atoms with van der Waals surface area (Å²) in [5, 5.41) is 0. The summed E-state index contributed by atoms with van der Waals surface area (Å²) < 4.78 is 51.5. The molecule has 0 spiro atoms. The molecule has 0 radical (unpaired) electrons. The van der Waals surface area contributed by atoms with Gasteiger partial charge in [-0.25, -0.2) is 17.8 Å². The number of hydrogen-bond acceptors (Lipinski definition) is 7. The Bertz CT molecular complexity index is 1160. The lowest BCUT2D eigenvalue weighted by atomic mass is 9.72. The molecule has 9 nitrogen and oxygen atoms in total. The predicted molar refractivity (Wildman–Crippen MR) is 131 cm³/mol. The number of pyridine rings is 1. The van der Waals surface area contributed by atoms with Gasteiger partial charge in [-0.3, -0.25) is 4.79 Å². The molecule has 1 aromatic carbocycles. The maximum absolute atomic E-state index is 13.7. The molecule has 11 heteroatoms. The van der Waals surface area contributed by atoms with Gasteiger partial charge in [0.1, 0.15) is 11.5 Å². The molecule has 1 aromatic heterocycles. The number of carbonyl (C=O) groups is 1. The Morgan fingerprint density at radius 2 is 1.81 bits per heavy atom. The van der Waals surface area contributed by atoms with Gasteiger partial charge in [-0.15, -0.1) is 0 Å². The van der Waals surface area contributed by atoms with E-state index >= 15 is 0 Å². The van der Waals surface area contributed by atoms with Gasteiger partial charge in [-0.2, -0.15) is 4.31 Å². The Hall–Kier alpha value is -2.86. The molecule has 0 atom stereocenters. The van der Waals surface area contributed by atoms with Crippen LogP contribution in [0.25, 0.3) is 0 Å². The lowest BCUT2D eigenvalue weighted by molar-refractivity contribution is -0.143. The summed E-state index contributed by atoms with van der Waals surface area (Å²) in [6.45, 7) is 2.41. The van der Waals surface area contributed by atoms with Crippen LogP contribution >= 0.6 is 0 Å². The summed E-state index contributed by atoms with van der Waals surface area (Å²) in [5.74, 6) is 0.191. The first-order chi connectivity index (χ1) is 17.4. The summed E-state index contributed by atoms with van der Waals surface area (Å²) in [4.78, 5) is 19.7. The van der Waals surface area contributed by atoms with E-state index in [0.29, 0.717) is 45.5 Å². The van der Waals surface area contributed by atoms with Crippen molar-refractivity contribution in [1.82, 2.24) is 14.2 Å². The zero-order valence-corrected chi connectivity index (χ0v) is 20.8. The molecule has 2 saturated heterocycles. The Balaban J connectivity index is 1.49. The number of morpholine rings is 1. The summed E-state index contributed by atoms with van der Waals surface area (Å²) in [7, 11) is -3.82. The van der Waals surface area contributed by atoms with Crippen LogP contribution in [0.1, 0.15) is 18.4 Å². The van der Waals surface area contributed by atoms with Crippen molar-refractivity contribution in [3.05, 3.63) is 66.1 Å². The van der Waals surface area contributed by atoms with Gasteiger partial charge in [-0.05, 0) is 24.5 Å². The fourth-order valence-corrected chi connectivity index (χ4v) is 6.00. The third-order valence-electron chi connectivity index (χ3n) is 6.78. The molecule has 0 saturated carbocycles. The molecule has 4 rings (SSSR count). The lowest BCUT2D eigenvalue weighted by Gasteiger charge is -2.43. The molecule has 2 aromatic rings. The van der Waals surface area contributed by atoms with Crippen molar-refractivity contribution in [2.45, 2.75) is 23.2 Å². The molecule has 0 unspecified atom stereocenters. The Morgan fingerprint density at radius 1 is 1.11 bits per heavy atom. The first-order valence-electron chi connectivity index (χ1n) is 11.9. The molecule has 0 bridgehead atoms. The zero-order valence-electron chi connectivity index (χ0n) is 20.0. The third-order valence-corrected chi connectivity index (χ3v) is 8.66. The van der Waals surface area contributed by atoms with Gasteiger partial charge >= 0.3 is 0 Å². The number of piperidine rings is 1. The molecule has 0 aliphatic carbocycles. The average molecular weight is 519 g/mol. The minimum Gasteiger partial charge on any atom is -0.473 e. The van der Waals surface area contributed by atoms with Crippen LogP contribution in [0.5, 0.6) is 5.88 Å². The largest absolute Gasteiger partial charge is 0.473 e. The topological polar surface area (TPSA) is 115 Å². The number of rotatable bonds is 8. The smallest absolute Gasteiger partial charge is 0.244 e. The SMILES string of the molecule is NCC(=CF)COc1ccc(S(=O)(=O)N2CCC(C(=O)N3CCOCC3)(c3ccccc3)CC2)cn1. The van der Waals surface area contributed by atoms with Gasteiger partial charge in [0.25, 0.3) is 0 Å². The first-order valence-corrected chi connectivity index (χ1v) is 13.3. The zero-order chi connectivity index (χ0) is 25.6. The molecular weight excluding hydrogens is 487 g/mol. The fraction of sp³-hybridized carbons (Fsp3) is 0.440. The monoisotopic (exact) mass is 518 g/mol. The number of amides is 1. The van der Waals surface area contributed by atoms with Crippen molar-refractivity contribution in [1.29, 1.82) is 0 Å². The third kappa shape index (κ3) is 5.44. The van der Waals surface area contributed by atoms with Crippen LogP contribution in [0.2, 0.25) is 0 Å². The van der Waals surface area contributed by atoms with Gasteiger partial charge in [0.05, 0.1) is 31.2 Å². The maximum Gasteiger partial charge on any atom is 0.244 e. The van der Waals surface area contributed by atoms with Crippen LogP contribution in [-0.2, 0) is 25.0 Å². The second kappa shape index (κ2) is 11.5. The summed E-state index contributed by atoms with van der Waals surface area (Å²) >= 11 is 0. The number of sulfonamides is 1. The van der Waals surface area contributed by atoms with Crippen LogP contribution in [-0.4, -0.2) is 81.1 Å². The van der Waals surface area contributed by atoms with E-state index in [9.17, 15) is 17.6 Å². The fourth-order valence-electron chi connectivity index (χ4n) is 4.62. The highest BCUT2D eigenvalue weighted by Gasteiger charge is 2.47. The molecule has 1 amide bonds. The molecule has 2 fully saturated rings. The van der Waals surface area contributed by atoms with Crippen LogP contribution in [0.4, 0.5) is 4.39 Å². The first kappa shape index (κ1) is 26.2. The maximum atomic E-state index is 13.7. The van der Waals surface area contributed by atoms with E-state index in [-0.39, 0.29) is 48.5 Å². The number of halogens is 1. The quantitative estimate of drug-likeness (QED) is 0.567. The highest BCUT2D eigenvalue weighted by Crippen LogP contribution is 2.39. The normalized spacial score (nSPS) is 19.2. The standard InChI is InChI=1S/C25H31FN4O5S/c26-16-20(17-27)19-35-23-7-6-22(18-28-23)36(32,33)30-10-8-25(9-11-30,21-4-2-1-3-5-21)24(31)29-12-14-34-15-13-29/h1-7,16,18H,8-15,17,19,27H2.